The van der Waals surface area contributed by atoms with Gasteiger partial charge in [-0.25, -0.2) is 15.0 Å². The van der Waals surface area contributed by atoms with Crippen molar-refractivity contribution in [3.63, 3.8) is 0 Å². The number of nitrogens with zero attached hydrogens (tertiary/aromatic N) is 3. The smallest absolute Gasteiger partial charge is 0.160 e. The minimum Gasteiger partial charge on any atom is -0.247 e. The van der Waals surface area contributed by atoms with Crippen LogP contribution in [0.3, 0.4) is 0 Å². The molecule has 11 aromatic rings. The van der Waals surface area contributed by atoms with E-state index >= 15 is 0 Å². The summed E-state index contributed by atoms with van der Waals surface area (Å²) >= 11 is 0. The Labute approximate surface area is 354 Å². The molecule has 0 bridgehead atoms. The zero-order valence-electron chi connectivity index (χ0n) is 33.6. The Morgan fingerprint density at radius 1 is 0.344 bits per heavy atom. The summed E-state index contributed by atoms with van der Waals surface area (Å²) in [5.41, 5.74) is 12.6. The van der Waals surface area contributed by atoms with Gasteiger partial charge in [-0.3, -0.25) is 0 Å². The predicted octanol–water partition coefficient (Wildman–Crippen LogP) is 15.6. The molecule has 11 rings (SSSR count). The van der Waals surface area contributed by atoms with Crippen molar-refractivity contribution in [2.24, 2.45) is 0 Å². The Hall–Kier alpha value is -8.01. The molecule has 0 aliphatic carbocycles. The largest absolute Gasteiger partial charge is 0.247 e. The molecule has 286 valence electrons. The van der Waals surface area contributed by atoms with E-state index in [0.29, 0.717) is 5.82 Å². The van der Waals surface area contributed by atoms with Crippen molar-refractivity contribution < 1.29 is 0 Å². The van der Waals surface area contributed by atoms with E-state index in [1.165, 1.54) is 26.9 Å². The molecule has 2 heterocycles. The van der Waals surface area contributed by atoms with Gasteiger partial charge in [-0.2, -0.15) is 0 Å². The third kappa shape index (κ3) is 6.73. The van der Waals surface area contributed by atoms with E-state index in [1.807, 2.05) is 13.0 Å². The van der Waals surface area contributed by atoms with Crippen LogP contribution >= 0.6 is 0 Å². The van der Waals surface area contributed by atoms with E-state index in [9.17, 15) is 0 Å². The van der Waals surface area contributed by atoms with E-state index in [4.69, 9.17) is 15.0 Å². The Balaban J connectivity index is 1.01. The van der Waals surface area contributed by atoms with Crippen molar-refractivity contribution in [2.45, 2.75) is 6.92 Å². The van der Waals surface area contributed by atoms with Gasteiger partial charge in [0.15, 0.2) is 5.82 Å². The highest BCUT2D eigenvalue weighted by Gasteiger charge is 2.17. The van der Waals surface area contributed by atoms with Gasteiger partial charge in [-0.15, -0.1) is 0 Å². The van der Waals surface area contributed by atoms with Crippen molar-refractivity contribution in [3.05, 3.63) is 218 Å². The number of rotatable bonds is 7. The van der Waals surface area contributed by atoms with Crippen molar-refractivity contribution in [1.29, 1.82) is 0 Å². The summed E-state index contributed by atoms with van der Waals surface area (Å²) in [6.45, 7) is 2.05. The van der Waals surface area contributed by atoms with Crippen LogP contribution in [-0.2, 0) is 0 Å². The monoisotopic (exact) mass is 777 g/mol. The molecule has 3 nitrogen and oxygen atoms in total. The van der Waals surface area contributed by atoms with Gasteiger partial charge in [0, 0.05) is 38.2 Å². The highest BCUT2D eigenvalue weighted by atomic mass is 14.9. The second-order valence-electron chi connectivity index (χ2n) is 15.5. The lowest BCUT2D eigenvalue weighted by atomic mass is 9.91. The summed E-state index contributed by atoms with van der Waals surface area (Å²) in [5.74, 6) is 0.707. The minimum absolute atomic E-state index is 0.707. The summed E-state index contributed by atoms with van der Waals surface area (Å²) in [6, 6.07) is 69.1. The molecule has 0 aliphatic rings. The normalized spacial score (nSPS) is 11.9. The highest BCUT2D eigenvalue weighted by Crippen LogP contribution is 2.40. The first-order valence-corrected chi connectivity index (χ1v) is 20.8. The third-order valence-corrected chi connectivity index (χ3v) is 11.7. The van der Waals surface area contributed by atoms with Crippen molar-refractivity contribution in [2.75, 3.05) is 0 Å². The molecule has 0 fully saturated rings. The lowest BCUT2D eigenvalue weighted by Crippen LogP contribution is -1.95. The second kappa shape index (κ2) is 15.3. The maximum atomic E-state index is 5.34. The quantitative estimate of drug-likeness (QED) is 0.119. The first-order valence-electron chi connectivity index (χ1n) is 20.8. The molecular formula is C58H39N3. The lowest BCUT2D eigenvalue weighted by Gasteiger charge is -2.15. The molecule has 0 atom stereocenters. The van der Waals surface area contributed by atoms with Gasteiger partial charge in [0.2, 0.25) is 0 Å². The number of pyridine rings is 1. The van der Waals surface area contributed by atoms with E-state index in [2.05, 4.69) is 212 Å². The molecule has 0 radical (unpaired) electrons. The summed E-state index contributed by atoms with van der Waals surface area (Å²) < 4.78 is 0. The van der Waals surface area contributed by atoms with E-state index in [0.717, 1.165) is 83.1 Å². The molecule has 9 aromatic carbocycles. The molecule has 0 saturated carbocycles. The Morgan fingerprint density at radius 3 is 1.59 bits per heavy atom. The average Bonchev–Trinajstić information content (AvgIpc) is 3.33. The van der Waals surface area contributed by atoms with Crippen LogP contribution in [0.2, 0.25) is 0 Å². The number of hydrogen-bond donors (Lipinski definition) is 0. The zero-order chi connectivity index (χ0) is 40.7. The minimum atomic E-state index is 0.707. The van der Waals surface area contributed by atoms with E-state index in [-0.39, 0.29) is 0 Å². The van der Waals surface area contributed by atoms with Crippen molar-refractivity contribution in [3.8, 4) is 56.2 Å². The summed E-state index contributed by atoms with van der Waals surface area (Å²) in [4.78, 5) is 15.7. The number of allylic oxidation sites excluding steroid dienone is 3. The predicted molar refractivity (Wildman–Crippen MR) is 258 cm³/mol. The topological polar surface area (TPSA) is 38.7 Å². The van der Waals surface area contributed by atoms with Gasteiger partial charge in [0.1, 0.15) is 0 Å². The first-order chi connectivity index (χ1) is 30.2. The Morgan fingerprint density at radius 2 is 0.902 bits per heavy atom. The fraction of sp³-hybridized carbons (Fsp3) is 0.0172. The molecule has 0 unspecified atom stereocenters. The molecule has 3 heteroatoms. The molecule has 0 N–H and O–H groups in total. The van der Waals surface area contributed by atoms with Gasteiger partial charge >= 0.3 is 0 Å². The summed E-state index contributed by atoms with van der Waals surface area (Å²) in [7, 11) is 0. The molecule has 2 aromatic heterocycles. The Kier molecular flexibility index (Phi) is 9.05. The fourth-order valence-corrected chi connectivity index (χ4v) is 8.70. The lowest BCUT2D eigenvalue weighted by molar-refractivity contribution is 1.23. The standard InChI is InChI=1S/C58H39N3/c1-2-3-4-18-45-36-49(37-52-55(45)50-21-9-11-23-53(50)59-57(52)47-32-30-39-15-6-8-17-43(39)34-47)41-27-25-40(26-28-41)44-19-13-20-48(35-44)58-60-54-24-12-10-22-51(54)56(61-58)46-31-29-38-14-5-7-16-42(38)33-46/h2-37H,1H3/b3-2-,18-4-. The van der Waals surface area contributed by atoms with Crippen LogP contribution in [0.5, 0.6) is 0 Å². The molecule has 0 amide bonds. The van der Waals surface area contributed by atoms with E-state index < -0.39 is 0 Å². The fourth-order valence-electron chi connectivity index (χ4n) is 8.70. The number of hydrogen-bond acceptors (Lipinski definition) is 3. The van der Waals surface area contributed by atoms with Gasteiger partial charge < -0.3 is 0 Å². The van der Waals surface area contributed by atoms with Gasteiger partial charge in [0.05, 0.1) is 22.4 Å². The maximum Gasteiger partial charge on any atom is 0.160 e. The number of benzene rings is 9. The van der Waals surface area contributed by atoms with Gasteiger partial charge in [-0.05, 0) is 98.8 Å². The van der Waals surface area contributed by atoms with Crippen LogP contribution in [0.1, 0.15) is 12.5 Å². The van der Waals surface area contributed by atoms with Gasteiger partial charge in [-0.1, -0.05) is 176 Å². The third-order valence-electron chi connectivity index (χ3n) is 11.7. The first kappa shape index (κ1) is 36.1. The van der Waals surface area contributed by atoms with Crippen molar-refractivity contribution >= 4 is 60.2 Å². The van der Waals surface area contributed by atoms with Crippen LogP contribution < -0.4 is 0 Å². The molecular weight excluding hydrogens is 739 g/mol. The molecule has 0 spiro atoms. The van der Waals surface area contributed by atoms with Crippen molar-refractivity contribution in [1.82, 2.24) is 15.0 Å². The highest BCUT2D eigenvalue weighted by molar-refractivity contribution is 6.15. The number of fused-ring (bicyclic) bond motifs is 6. The summed E-state index contributed by atoms with van der Waals surface area (Å²) in [6.07, 6.45) is 8.50. The molecule has 0 saturated heterocycles. The van der Waals surface area contributed by atoms with Crippen LogP contribution in [-0.4, -0.2) is 15.0 Å². The Bertz CT molecular complexity index is 3540. The zero-order valence-corrected chi connectivity index (χ0v) is 33.6. The molecule has 0 aliphatic heterocycles. The van der Waals surface area contributed by atoms with Gasteiger partial charge in [0.25, 0.3) is 0 Å². The van der Waals surface area contributed by atoms with Crippen LogP contribution in [0.25, 0.3) is 116 Å². The average molecular weight is 778 g/mol. The van der Waals surface area contributed by atoms with Crippen LogP contribution in [0, 0.1) is 0 Å². The SMILES string of the molecule is C/C=C\C=C/c1cc(-c2ccc(-c3cccc(-c4nc(-c5ccc6ccccc6c5)c5ccccc5n4)c3)cc2)cc2c(-c3ccc4ccccc4c3)nc3ccccc3c12. The van der Waals surface area contributed by atoms with E-state index in [1.54, 1.807) is 0 Å². The number of para-hydroxylation sites is 2. The maximum absolute atomic E-state index is 5.34. The van der Waals surface area contributed by atoms with Crippen LogP contribution in [0.15, 0.2) is 212 Å². The summed E-state index contributed by atoms with van der Waals surface area (Å²) in [5, 5.41) is 9.32. The second-order valence-corrected chi connectivity index (χ2v) is 15.5. The number of aromatic nitrogens is 3. The van der Waals surface area contributed by atoms with Crippen LogP contribution in [0.4, 0.5) is 0 Å². The molecule has 61 heavy (non-hydrogen) atoms.